The number of thiazole rings is 1. The highest BCUT2D eigenvalue weighted by atomic mass is 32.1. The summed E-state index contributed by atoms with van der Waals surface area (Å²) in [4.78, 5) is 4.60. The van der Waals surface area contributed by atoms with E-state index in [0.29, 0.717) is 12.3 Å². The van der Waals surface area contributed by atoms with E-state index in [1.807, 2.05) is 0 Å². The lowest BCUT2D eigenvalue weighted by atomic mass is 9.80. The van der Waals surface area contributed by atoms with E-state index in [9.17, 15) is 0 Å². The molecule has 0 aromatic carbocycles. The lowest BCUT2D eigenvalue weighted by molar-refractivity contribution is 0.776. The fourth-order valence-corrected chi connectivity index (χ4v) is 3.33. The molecule has 0 amide bonds. The van der Waals surface area contributed by atoms with E-state index in [2.05, 4.69) is 53.7 Å². The summed E-state index contributed by atoms with van der Waals surface area (Å²) < 4.78 is 0. The fourth-order valence-electron chi connectivity index (χ4n) is 2.62. The summed E-state index contributed by atoms with van der Waals surface area (Å²) in [6.45, 7) is 2.15. The first-order valence-corrected chi connectivity index (χ1v) is 7.25. The highest BCUT2D eigenvalue weighted by Gasteiger charge is 2.23. The Balaban J connectivity index is 2.07. The molecule has 1 atom stereocenters. The molecule has 0 saturated carbocycles. The second kappa shape index (κ2) is 4.99. The Bertz CT molecular complexity index is 665. The molecule has 1 aromatic heterocycles. The van der Waals surface area contributed by atoms with Crippen LogP contribution in [0.15, 0.2) is 46.9 Å². The lowest BCUT2D eigenvalue weighted by Crippen LogP contribution is -2.09. The van der Waals surface area contributed by atoms with E-state index < -0.39 is 0 Å². The zero-order valence-corrected chi connectivity index (χ0v) is 11.6. The monoisotopic (exact) mass is 266 g/mol. The van der Waals surface area contributed by atoms with E-state index in [1.54, 1.807) is 11.3 Å². The molecule has 19 heavy (non-hydrogen) atoms. The molecule has 0 spiro atoms. The van der Waals surface area contributed by atoms with Gasteiger partial charge in [-0.3, -0.25) is 0 Å². The predicted molar refractivity (Wildman–Crippen MR) is 78.5 cm³/mol. The van der Waals surface area contributed by atoms with Crippen LogP contribution in [0.5, 0.6) is 0 Å². The standard InChI is InChI=1S/C16H14N2S/c1-11-6-7-12-4-2-3-5-13(12)16(11)14-10-19-15(18-14)8-9-17/h2-6,10,12H,7-8H2,1H3. The van der Waals surface area contributed by atoms with Crippen molar-refractivity contribution in [1.29, 1.82) is 5.26 Å². The topological polar surface area (TPSA) is 36.7 Å². The van der Waals surface area contributed by atoms with Crippen LogP contribution < -0.4 is 0 Å². The normalized spacial score (nSPS) is 21.1. The van der Waals surface area contributed by atoms with Crippen LogP contribution in [0, 0.1) is 17.2 Å². The molecule has 0 fully saturated rings. The van der Waals surface area contributed by atoms with Gasteiger partial charge in [0.1, 0.15) is 5.01 Å². The summed E-state index contributed by atoms with van der Waals surface area (Å²) in [7, 11) is 0. The second-order valence-electron chi connectivity index (χ2n) is 4.77. The van der Waals surface area contributed by atoms with Crippen molar-refractivity contribution in [1.82, 2.24) is 4.98 Å². The lowest BCUT2D eigenvalue weighted by Gasteiger charge is -2.24. The second-order valence-corrected chi connectivity index (χ2v) is 5.71. The summed E-state index contributed by atoms with van der Waals surface area (Å²) in [5.41, 5.74) is 4.91. The smallest absolute Gasteiger partial charge is 0.107 e. The van der Waals surface area contributed by atoms with Gasteiger partial charge in [-0.15, -0.1) is 11.3 Å². The summed E-state index contributed by atoms with van der Waals surface area (Å²) in [6, 6.07) is 2.16. The SMILES string of the molecule is CC1=CCC2C=CC=CC2=C1c1csc(CC#N)n1. The molecule has 2 nitrogen and oxygen atoms in total. The minimum absolute atomic E-state index is 0.398. The number of nitriles is 1. The summed E-state index contributed by atoms with van der Waals surface area (Å²) >= 11 is 1.57. The number of fused-ring (bicyclic) bond motifs is 1. The third kappa shape index (κ3) is 2.20. The van der Waals surface area contributed by atoms with E-state index >= 15 is 0 Å². The van der Waals surface area contributed by atoms with Crippen molar-refractivity contribution in [3.8, 4) is 6.07 Å². The largest absolute Gasteiger partial charge is 0.240 e. The minimum atomic E-state index is 0.398. The van der Waals surface area contributed by atoms with Crippen LogP contribution >= 0.6 is 11.3 Å². The molecule has 2 aliphatic carbocycles. The first-order chi connectivity index (χ1) is 9.29. The molecule has 94 valence electrons. The molecule has 3 heteroatoms. The maximum atomic E-state index is 8.75. The van der Waals surface area contributed by atoms with Gasteiger partial charge in [0, 0.05) is 16.9 Å². The molecule has 3 rings (SSSR count). The number of hydrogen-bond acceptors (Lipinski definition) is 3. The van der Waals surface area contributed by atoms with E-state index in [1.165, 1.54) is 16.7 Å². The van der Waals surface area contributed by atoms with Gasteiger partial charge >= 0.3 is 0 Å². The number of rotatable bonds is 2. The number of aromatic nitrogens is 1. The Morgan fingerprint density at radius 1 is 1.47 bits per heavy atom. The van der Waals surface area contributed by atoms with Gasteiger partial charge in [-0.1, -0.05) is 30.4 Å². The molecular formula is C16H14N2S. The maximum absolute atomic E-state index is 8.75. The Kier molecular flexibility index (Phi) is 3.18. The maximum Gasteiger partial charge on any atom is 0.107 e. The van der Waals surface area contributed by atoms with Crippen LogP contribution in [-0.4, -0.2) is 4.98 Å². The average Bonchev–Trinajstić information content (AvgIpc) is 2.87. The third-order valence-corrected chi connectivity index (χ3v) is 4.38. The first-order valence-electron chi connectivity index (χ1n) is 6.37. The molecular weight excluding hydrogens is 252 g/mol. The Morgan fingerprint density at radius 2 is 2.37 bits per heavy atom. The molecule has 2 aliphatic rings. The van der Waals surface area contributed by atoms with E-state index in [0.717, 1.165) is 17.1 Å². The van der Waals surface area contributed by atoms with Crippen molar-refractivity contribution in [3.63, 3.8) is 0 Å². The van der Waals surface area contributed by atoms with Crippen LogP contribution in [-0.2, 0) is 6.42 Å². The number of hydrogen-bond donors (Lipinski definition) is 0. The molecule has 0 aliphatic heterocycles. The molecule has 1 aromatic rings. The van der Waals surface area contributed by atoms with Crippen LogP contribution in [0.25, 0.3) is 5.57 Å². The highest BCUT2D eigenvalue weighted by molar-refractivity contribution is 7.09. The van der Waals surface area contributed by atoms with Crippen molar-refractivity contribution < 1.29 is 0 Å². The average molecular weight is 266 g/mol. The van der Waals surface area contributed by atoms with E-state index in [4.69, 9.17) is 5.26 Å². The molecule has 0 N–H and O–H groups in total. The molecule has 1 heterocycles. The van der Waals surface area contributed by atoms with Crippen LogP contribution in [0.1, 0.15) is 24.0 Å². The highest BCUT2D eigenvalue weighted by Crippen LogP contribution is 2.39. The van der Waals surface area contributed by atoms with Gasteiger partial charge in [-0.05, 0) is 24.5 Å². The van der Waals surface area contributed by atoms with Crippen molar-refractivity contribution in [2.75, 3.05) is 0 Å². The van der Waals surface area contributed by atoms with Gasteiger partial charge in [0.15, 0.2) is 0 Å². The summed E-state index contributed by atoms with van der Waals surface area (Å²) in [6.07, 6.45) is 12.4. The number of nitrogens with zero attached hydrogens (tertiary/aromatic N) is 2. The predicted octanol–water partition coefficient (Wildman–Crippen LogP) is 4.05. The zero-order valence-electron chi connectivity index (χ0n) is 10.8. The molecule has 0 saturated heterocycles. The van der Waals surface area contributed by atoms with Crippen molar-refractivity contribution in [3.05, 3.63) is 57.6 Å². The Morgan fingerprint density at radius 3 is 3.21 bits per heavy atom. The first kappa shape index (κ1) is 12.1. The zero-order chi connectivity index (χ0) is 13.2. The fraction of sp³-hybridized carbons (Fsp3) is 0.250. The summed E-state index contributed by atoms with van der Waals surface area (Å²) in [5.74, 6) is 0.477. The Labute approximate surface area is 117 Å². The van der Waals surface area contributed by atoms with Gasteiger partial charge in [-0.25, -0.2) is 4.98 Å². The minimum Gasteiger partial charge on any atom is -0.240 e. The molecule has 0 bridgehead atoms. The van der Waals surface area contributed by atoms with E-state index in [-0.39, 0.29) is 0 Å². The van der Waals surface area contributed by atoms with Gasteiger partial charge in [0.2, 0.25) is 0 Å². The molecule has 1 unspecified atom stereocenters. The van der Waals surface area contributed by atoms with Crippen molar-refractivity contribution >= 4 is 16.9 Å². The van der Waals surface area contributed by atoms with Gasteiger partial charge in [-0.2, -0.15) is 5.26 Å². The van der Waals surface area contributed by atoms with Crippen LogP contribution in [0.3, 0.4) is 0 Å². The van der Waals surface area contributed by atoms with Gasteiger partial charge in [0.25, 0.3) is 0 Å². The Hall–Kier alpha value is -1.92. The van der Waals surface area contributed by atoms with Crippen LogP contribution in [0.2, 0.25) is 0 Å². The van der Waals surface area contributed by atoms with Gasteiger partial charge < -0.3 is 0 Å². The van der Waals surface area contributed by atoms with Crippen molar-refractivity contribution in [2.45, 2.75) is 19.8 Å². The quantitative estimate of drug-likeness (QED) is 0.809. The van der Waals surface area contributed by atoms with Crippen molar-refractivity contribution in [2.24, 2.45) is 5.92 Å². The molecule has 0 radical (unpaired) electrons. The van der Waals surface area contributed by atoms with Gasteiger partial charge in [0.05, 0.1) is 18.2 Å². The van der Waals surface area contributed by atoms with Crippen LogP contribution in [0.4, 0.5) is 0 Å². The third-order valence-electron chi connectivity index (χ3n) is 3.53. The number of allylic oxidation sites excluding steroid dienone is 8. The summed E-state index contributed by atoms with van der Waals surface area (Å²) in [5, 5.41) is 11.7.